The SMILES string of the molecule is CCOc1cc(CN(CC)CCO)ccc1N1CCNCC1. The molecule has 0 saturated carbocycles. The molecular formula is C17H29N3O2. The van der Waals surface area contributed by atoms with Crippen LogP contribution in [-0.4, -0.2) is 62.5 Å². The molecule has 1 aliphatic heterocycles. The standard InChI is InChI=1S/C17H29N3O2/c1-3-19(11-12-21)14-15-5-6-16(17(13-15)22-4-2)20-9-7-18-8-10-20/h5-6,13,18,21H,3-4,7-12,14H2,1-2H3. The minimum atomic E-state index is 0.199. The number of anilines is 1. The number of hydrogen-bond donors (Lipinski definition) is 2. The van der Waals surface area contributed by atoms with Gasteiger partial charge in [-0.2, -0.15) is 0 Å². The normalized spacial score (nSPS) is 15.4. The molecule has 5 nitrogen and oxygen atoms in total. The van der Waals surface area contributed by atoms with Gasteiger partial charge in [0.2, 0.25) is 0 Å². The highest BCUT2D eigenvalue weighted by Crippen LogP contribution is 2.30. The van der Waals surface area contributed by atoms with Gasteiger partial charge in [-0.1, -0.05) is 13.0 Å². The molecule has 1 fully saturated rings. The fourth-order valence-corrected chi connectivity index (χ4v) is 2.84. The number of hydrogen-bond acceptors (Lipinski definition) is 5. The van der Waals surface area contributed by atoms with Crippen molar-refractivity contribution in [1.29, 1.82) is 0 Å². The molecule has 1 saturated heterocycles. The number of benzene rings is 1. The van der Waals surface area contributed by atoms with Crippen molar-refractivity contribution in [2.75, 3.05) is 57.4 Å². The van der Waals surface area contributed by atoms with Crippen LogP contribution in [0.15, 0.2) is 18.2 Å². The first-order chi connectivity index (χ1) is 10.8. The summed E-state index contributed by atoms with van der Waals surface area (Å²) in [5.41, 5.74) is 2.43. The van der Waals surface area contributed by atoms with Gasteiger partial charge in [0.05, 0.1) is 18.9 Å². The van der Waals surface area contributed by atoms with Gasteiger partial charge in [0, 0.05) is 39.3 Å². The van der Waals surface area contributed by atoms with Crippen LogP contribution >= 0.6 is 0 Å². The van der Waals surface area contributed by atoms with Gasteiger partial charge in [0.25, 0.3) is 0 Å². The van der Waals surface area contributed by atoms with Crippen molar-refractivity contribution >= 4 is 5.69 Å². The van der Waals surface area contributed by atoms with Gasteiger partial charge < -0.3 is 20.1 Å². The largest absolute Gasteiger partial charge is 0.492 e. The van der Waals surface area contributed by atoms with Crippen molar-refractivity contribution in [3.05, 3.63) is 23.8 Å². The number of aliphatic hydroxyl groups excluding tert-OH is 1. The third-order valence-corrected chi connectivity index (χ3v) is 4.05. The van der Waals surface area contributed by atoms with Crippen molar-refractivity contribution in [3.8, 4) is 5.75 Å². The van der Waals surface area contributed by atoms with E-state index in [0.717, 1.165) is 45.0 Å². The summed E-state index contributed by atoms with van der Waals surface area (Å²) in [5, 5.41) is 12.5. The topological polar surface area (TPSA) is 48.0 Å². The Kier molecular flexibility index (Phi) is 6.96. The van der Waals surface area contributed by atoms with Crippen molar-refractivity contribution in [3.63, 3.8) is 0 Å². The number of nitrogens with one attached hydrogen (secondary N) is 1. The van der Waals surface area contributed by atoms with E-state index in [2.05, 4.69) is 40.2 Å². The van der Waals surface area contributed by atoms with E-state index in [1.807, 2.05) is 6.92 Å². The molecular weight excluding hydrogens is 278 g/mol. The summed E-state index contributed by atoms with van der Waals surface area (Å²) in [4.78, 5) is 4.62. The lowest BCUT2D eigenvalue weighted by Gasteiger charge is -2.31. The zero-order chi connectivity index (χ0) is 15.8. The van der Waals surface area contributed by atoms with E-state index in [0.29, 0.717) is 13.2 Å². The molecule has 1 heterocycles. The first-order valence-electron chi connectivity index (χ1n) is 8.33. The Balaban J connectivity index is 2.14. The molecule has 1 aliphatic rings. The second-order valence-corrected chi connectivity index (χ2v) is 5.56. The maximum atomic E-state index is 9.12. The predicted molar refractivity (Wildman–Crippen MR) is 90.7 cm³/mol. The molecule has 1 aromatic carbocycles. The lowest BCUT2D eigenvalue weighted by atomic mass is 10.1. The Labute approximate surface area is 133 Å². The maximum Gasteiger partial charge on any atom is 0.142 e. The van der Waals surface area contributed by atoms with Gasteiger partial charge >= 0.3 is 0 Å². The zero-order valence-electron chi connectivity index (χ0n) is 13.8. The van der Waals surface area contributed by atoms with Crippen molar-refractivity contribution < 1.29 is 9.84 Å². The average Bonchev–Trinajstić information content (AvgIpc) is 2.56. The molecule has 0 bridgehead atoms. The van der Waals surface area contributed by atoms with Crippen molar-refractivity contribution in [2.45, 2.75) is 20.4 Å². The van der Waals surface area contributed by atoms with E-state index < -0.39 is 0 Å². The van der Waals surface area contributed by atoms with Crippen LogP contribution in [0.2, 0.25) is 0 Å². The molecule has 1 aromatic rings. The van der Waals surface area contributed by atoms with E-state index in [4.69, 9.17) is 9.84 Å². The highest BCUT2D eigenvalue weighted by molar-refractivity contribution is 5.60. The number of nitrogens with zero attached hydrogens (tertiary/aromatic N) is 2. The van der Waals surface area contributed by atoms with Gasteiger partial charge in [-0.25, -0.2) is 0 Å². The molecule has 0 spiro atoms. The summed E-state index contributed by atoms with van der Waals surface area (Å²) in [7, 11) is 0. The minimum Gasteiger partial charge on any atom is -0.492 e. The second-order valence-electron chi connectivity index (χ2n) is 5.56. The number of aliphatic hydroxyl groups is 1. The van der Waals surface area contributed by atoms with Gasteiger partial charge in [0.15, 0.2) is 0 Å². The third kappa shape index (κ3) is 4.60. The molecule has 5 heteroatoms. The quantitative estimate of drug-likeness (QED) is 0.758. The van der Waals surface area contributed by atoms with Crippen LogP contribution in [0.4, 0.5) is 5.69 Å². The zero-order valence-corrected chi connectivity index (χ0v) is 13.8. The summed E-state index contributed by atoms with van der Waals surface area (Å²) in [5.74, 6) is 0.974. The average molecular weight is 307 g/mol. The van der Waals surface area contributed by atoms with Gasteiger partial charge in [-0.15, -0.1) is 0 Å². The van der Waals surface area contributed by atoms with Gasteiger partial charge in [-0.3, -0.25) is 4.90 Å². The van der Waals surface area contributed by atoms with Gasteiger partial charge in [0.1, 0.15) is 5.75 Å². The molecule has 0 atom stereocenters. The molecule has 0 amide bonds. The second kappa shape index (κ2) is 8.98. The summed E-state index contributed by atoms with van der Waals surface area (Å²) in [6.45, 7) is 11.6. The predicted octanol–water partition coefficient (Wildman–Crippen LogP) is 1.31. The number of piperazine rings is 1. The molecule has 2 N–H and O–H groups in total. The van der Waals surface area contributed by atoms with Crippen LogP contribution in [0.3, 0.4) is 0 Å². The van der Waals surface area contributed by atoms with Crippen LogP contribution in [0.5, 0.6) is 5.75 Å². The van der Waals surface area contributed by atoms with Crippen LogP contribution < -0.4 is 15.0 Å². The Morgan fingerprint density at radius 3 is 2.68 bits per heavy atom. The molecule has 0 aliphatic carbocycles. The summed E-state index contributed by atoms with van der Waals surface area (Å²) < 4.78 is 5.88. The monoisotopic (exact) mass is 307 g/mol. The van der Waals surface area contributed by atoms with Crippen LogP contribution in [0.25, 0.3) is 0 Å². The minimum absolute atomic E-state index is 0.199. The van der Waals surface area contributed by atoms with E-state index in [1.54, 1.807) is 0 Å². The van der Waals surface area contributed by atoms with Crippen LogP contribution in [0, 0.1) is 0 Å². The first-order valence-corrected chi connectivity index (χ1v) is 8.33. The summed E-state index contributed by atoms with van der Waals surface area (Å²) in [6.07, 6.45) is 0. The smallest absolute Gasteiger partial charge is 0.142 e. The summed E-state index contributed by atoms with van der Waals surface area (Å²) >= 11 is 0. The summed E-state index contributed by atoms with van der Waals surface area (Å²) in [6, 6.07) is 6.51. The third-order valence-electron chi connectivity index (χ3n) is 4.05. The molecule has 0 aromatic heterocycles. The Hall–Kier alpha value is -1.30. The van der Waals surface area contributed by atoms with E-state index >= 15 is 0 Å². The van der Waals surface area contributed by atoms with Crippen molar-refractivity contribution in [1.82, 2.24) is 10.2 Å². The highest BCUT2D eigenvalue weighted by atomic mass is 16.5. The molecule has 0 unspecified atom stereocenters. The molecule has 22 heavy (non-hydrogen) atoms. The first kappa shape index (κ1) is 17.1. The lowest BCUT2D eigenvalue weighted by molar-refractivity contribution is 0.196. The van der Waals surface area contributed by atoms with Gasteiger partial charge in [-0.05, 0) is 31.2 Å². The lowest BCUT2D eigenvalue weighted by Crippen LogP contribution is -2.43. The molecule has 0 radical (unpaired) electrons. The molecule has 2 rings (SSSR count). The number of rotatable bonds is 8. The maximum absolute atomic E-state index is 9.12. The Morgan fingerprint density at radius 2 is 2.05 bits per heavy atom. The van der Waals surface area contributed by atoms with E-state index in [9.17, 15) is 0 Å². The fourth-order valence-electron chi connectivity index (χ4n) is 2.84. The van der Waals surface area contributed by atoms with Crippen LogP contribution in [0.1, 0.15) is 19.4 Å². The fraction of sp³-hybridized carbons (Fsp3) is 0.647. The van der Waals surface area contributed by atoms with E-state index in [-0.39, 0.29) is 6.61 Å². The Morgan fingerprint density at radius 1 is 1.27 bits per heavy atom. The highest BCUT2D eigenvalue weighted by Gasteiger charge is 2.16. The molecule has 124 valence electrons. The number of ether oxygens (including phenoxy) is 1. The van der Waals surface area contributed by atoms with E-state index in [1.165, 1.54) is 11.3 Å². The Bertz CT molecular complexity index is 448. The van der Waals surface area contributed by atoms with Crippen LogP contribution in [-0.2, 0) is 6.54 Å². The van der Waals surface area contributed by atoms with Crippen molar-refractivity contribution in [2.24, 2.45) is 0 Å². The number of likely N-dealkylation sites (N-methyl/N-ethyl adjacent to an activating group) is 1.